The molecule has 1 heterocycles. The van der Waals surface area contributed by atoms with Crippen molar-refractivity contribution in [2.75, 3.05) is 32.5 Å². The van der Waals surface area contributed by atoms with E-state index in [2.05, 4.69) is 4.90 Å². The molecule has 0 radical (unpaired) electrons. The second kappa shape index (κ2) is 7.85. The lowest BCUT2D eigenvalue weighted by atomic mass is 10.1. The Morgan fingerprint density at radius 2 is 1.96 bits per heavy atom. The summed E-state index contributed by atoms with van der Waals surface area (Å²) in [7, 11) is -3.16. The Morgan fingerprint density at radius 1 is 1.21 bits per heavy atom. The summed E-state index contributed by atoms with van der Waals surface area (Å²) in [5, 5.41) is 0. The summed E-state index contributed by atoms with van der Waals surface area (Å²) >= 11 is 0. The zero-order valence-corrected chi connectivity index (χ0v) is 15.3. The number of hydrogen-bond donors (Lipinski definition) is 0. The molecule has 0 N–H and O–H groups in total. The van der Waals surface area contributed by atoms with Gasteiger partial charge in [-0.05, 0) is 56.5 Å². The van der Waals surface area contributed by atoms with Crippen LogP contribution in [0.25, 0.3) is 0 Å². The first-order valence-corrected chi connectivity index (χ1v) is 10.8. The van der Waals surface area contributed by atoms with E-state index in [4.69, 9.17) is 4.74 Å². The Kier molecular flexibility index (Phi) is 5.79. The van der Waals surface area contributed by atoms with Crippen molar-refractivity contribution in [3.8, 4) is 5.75 Å². The smallest absolute Gasteiger partial charge is 0.211 e. The highest BCUT2D eigenvalue weighted by Crippen LogP contribution is 2.30. The van der Waals surface area contributed by atoms with Crippen molar-refractivity contribution in [2.24, 2.45) is 0 Å². The largest absolute Gasteiger partial charge is 0.492 e. The summed E-state index contributed by atoms with van der Waals surface area (Å²) in [6.07, 6.45) is 7.16. The van der Waals surface area contributed by atoms with Gasteiger partial charge >= 0.3 is 0 Å². The van der Waals surface area contributed by atoms with E-state index in [1.807, 2.05) is 24.3 Å². The number of piperidine rings is 1. The third kappa shape index (κ3) is 5.19. The molecule has 0 spiro atoms. The van der Waals surface area contributed by atoms with Crippen molar-refractivity contribution in [3.05, 3.63) is 29.8 Å². The van der Waals surface area contributed by atoms with Gasteiger partial charge in [0.25, 0.3) is 0 Å². The van der Waals surface area contributed by atoms with Gasteiger partial charge in [-0.15, -0.1) is 0 Å². The Balaban J connectivity index is 1.53. The van der Waals surface area contributed by atoms with Gasteiger partial charge in [0.05, 0.1) is 6.26 Å². The number of rotatable bonds is 8. The predicted octanol–water partition coefficient (Wildman–Crippen LogP) is 2.48. The quantitative estimate of drug-likeness (QED) is 0.721. The SMILES string of the molecule is CS(=O)(=O)N(Cc1cccc(OCCN2CCCCC2)c1)C1CC1. The fraction of sp³-hybridized carbons (Fsp3) is 0.667. The second-order valence-corrected chi connectivity index (χ2v) is 8.87. The van der Waals surface area contributed by atoms with Crippen LogP contribution in [-0.2, 0) is 16.6 Å². The van der Waals surface area contributed by atoms with Crippen LogP contribution in [0.2, 0.25) is 0 Å². The predicted molar refractivity (Wildman–Crippen MR) is 95.6 cm³/mol. The van der Waals surface area contributed by atoms with Crippen molar-refractivity contribution in [1.82, 2.24) is 9.21 Å². The molecule has 6 heteroatoms. The van der Waals surface area contributed by atoms with Gasteiger partial charge in [-0.1, -0.05) is 18.6 Å². The molecule has 3 rings (SSSR count). The van der Waals surface area contributed by atoms with Crippen LogP contribution in [0.5, 0.6) is 5.75 Å². The molecule has 0 unspecified atom stereocenters. The molecule has 0 bridgehead atoms. The van der Waals surface area contributed by atoms with Crippen molar-refractivity contribution in [3.63, 3.8) is 0 Å². The van der Waals surface area contributed by atoms with Crippen LogP contribution in [0, 0.1) is 0 Å². The summed E-state index contributed by atoms with van der Waals surface area (Å²) in [4.78, 5) is 2.45. The van der Waals surface area contributed by atoms with E-state index in [0.29, 0.717) is 13.2 Å². The van der Waals surface area contributed by atoms with Crippen LogP contribution in [0.1, 0.15) is 37.7 Å². The Hall–Kier alpha value is -1.11. The third-order valence-corrected chi connectivity index (χ3v) is 6.02. The Bertz CT molecular complexity index is 637. The monoisotopic (exact) mass is 352 g/mol. The topological polar surface area (TPSA) is 49.9 Å². The molecule has 0 amide bonds. The first kappa shape index (κ1) is 17.7. The zero-order valence-electron chi connectivity index (χ0n) is 14.5. The highest BCUT2D eigenvalue weighted by molar-refractivity contribution is 7.88. The van der Waals surface area contributed by atoms with Gasteiger partial charge in [-0.25, -0.2) is 8.42 Å². The summed E-state index contributed by atoms with van der Waals surface area (Å²) in [6, 6.07) is 8.01. The van der Waals surface area contributed by atoms with Gasteiger partial charge in [-0.3, -0.25) is 4.90 Å². The van der Waals surface area contributed by atoms with E-state index < -0.39 is 10.0 Å². The van der Waals surface area contributed by atoms with Gasteiger partial charge in [0.1, 0.15) is 12.4 Å². The standard InChI is InChI=1S/C18H28N2O3S/c1-24(21,22)20(17-8-9-17)15-16-6-5-7-18(14-16)23-13-12-19-10-3-2-4-11-19/h5-7,14,17H,2-4,8-13,15H2,1H3. The van der Waals surface area contributed by atoms with Crippen LogP contribution in [-0.4, -0.2) is 56.2 Å². The van der Waals surface area contributed by atoms with E-state index >= 15 is 0 Å². The minimum Gasteiger partial charge on any atom is -0.492 e. The molecule has 0 aromatic heterocycles. The average molecular weight is 353 g/mol. The summed E-state index contributed by atoms with van der Waals surface area (Å²) < 4.78 is 31.4. The highest BCUT2D eigenvalue weighted by atomic mass is 32.2. The minimum absolute atomic E-state index is 0.184. The second-order valence-electron chi connectivity index (χ2n) is 6.94. The van der Waals surface area contributed by atoms with E-state index in [-0.39, 0.29) is 6.04 Å². The van der Waals surface area contributed by atoms with Crippen LogP contribution in [0.4, 0.5) is 0 Å². The maximum Gasteiger partial charge on any atom is 0.211 e. The molecule has 5 nitrogen and oxygen atoms in total. The third-order valence-electron chi connectivity index (χ3n) is 4.74. The first-order chi connectivity index (χ1) is 11.5. The van der Waals surface area contributed by atoms with E-state index in [1.165, 1.54) is 38.6 Å². The molecule has 1 aliphatic heterocycles. The number of sulfonamides is 1. The van der Waals surface area contributed by atoms with Gasteiger partial charge in [0.15, 0.2) is 0 Å². The molecule has 1 saturated carbocycles. The molecule has 2 fully saturated rings. The Labute approximate surface area is 145 Å². The molecular weight excluding hydrogens is 324 g/mol. The molecule has 134 valence electrons. The summed E-state index contributed by atoms with van der Waals surface area (Å²) in [5.74, 6) is 0.828. The highest BCUT2D eigenvalue weighted by Gasteiger charge is 2.34. The number of hydrogen-bond acceptors (Lipinski definition) is 4. The van der Waals surface area contributed by atoms with Gasteiger partial charge < -0.3 is 4.74 Å². The number of nitrogens with zero attached hydrogens (tertiary/aromatic N) is 2. The average Bonchev–Trinajstić information content (AvgIpc) is 3.38. The van der Waals surface area contributed by atoms with Crippen LogP contribution >= 0.6 is 0 Å². The van der Waals surface area contributed by atoms with Crippen molar-refractivity contribution in [2.45, 2.75) is 44.7 Å². The maximum atomic E-state index is 11.9. The zero-order chi connectivity index (χ0) is 17.0. The maximum absolute atomic E-state index is 11.9. The fourth-order valence-corrected chi connectivity index (χ4v) is 4.40. The van der Waals surface area contributed by atoms with Crippen molar-refractivity contribution < 1.29 is 13.2 Å². The number of likely N-dealkylation sites (tertiary alicyclic amines) is 1. The molecule has 2 aliphatic rings. The van der Waals surface area contributed by atoms with Gasteiger partial charge in [-0.2, -0.15) is 4.31 Å². The summed E-state index contributed by atoms with van der Waals surface area (Å²) in [5.41, 5.74) is 0.989. The normalized spacial score (nSPS) is 19.6. The first-order valence-electron chi connectivity index (χ1n) is 8.93. The van der Waals surface area contributed by atoms with Crippen LogP contribution in [0.3, 0.4) is 0 Å². The van der Waals surface area contributed by atoms with E-state index in [0.717, 1.165) is 30.7 Å². The number of ether oxygens (including phenoxy) is 1. The molecule has 24 heavy (non-hydrogen) atoms. The van der Waals surface area contributed by atoms with Crippen LogP contribution in [0.15, 0.2) is 24.3 Å². The van der Waals surface area contributed by atoms with Crippen LogP contribution < -0.4 is 4.74 Å². The minimum atomic E-state index is -3.16. The molecule has 1 aromatic rings. The molecule has 0 atom stereocenters. The molecular formula is C18H28N2O3S. The molecule has 1 aliphatic carbocycles. The van der Waals surface area contributed by atoms with E-state index in [9.17, 15) is 8.42 Å². The molecule has 1 saturated heterocycles. The van der Waals surface area contributed by atoms with Gasteiger partial charge in [0.2, 0.25) is 10.0 Å². The van der Waals surface area contributed by atoms with E-state index in [1.54, 1.807) is 4.31 Å². The lowest BCUT2D eigenvalue weighted by Crippen LogP contribution is -2.33. The Morgan fingerprint density at radius 3 is 2.62 bits per heavy atom. The summed E-state index contributed by atoms with van der Waals surface area (Å²) in [6.45, 7) is 4.43. The number of benzene rings is 1. The van der Waals surface area contributed by atoms with Crippen molar-refractivity contribution >= 4 is 10.0 Å². The lowest BCUT2D eigenvalue weighted by molar-refractivity contribution is 0.183. The van der Waals surface area contributed by atoms with Crippen molar-refractivity contribution in [1.29, 1.82) is 0 Å². The fourth-order valence-electron chi connectivity index (χ4n) is 3.27. The van der Waals surface area contributed by atoms with Gasteiger partial charge in [0, 0.05) is 19.1 Å². The lowest BCUT2D eigenvalue weighted by Gasteiger charge is -2.26. The molecule has 1 aromatic carbocycles.